The van der Waals surface area contributed by atoms with Crippen molar-refractivity contribution in [3.8, 4) is 0 Å². The van der Waals surface area contributed by atoms with Crippen molar-refractivity contribution >= 4 is 58.4 Å². The molecule has 28 heavy (non-hydrogen) atoms. The highest BCUT2D eigenvalue weighted by Crippen LogP contribution is 2.33. The summed E-state index contributed by atoms with van der Waals surface area (Å²) >= 11 is 17.4. The number of nitrogens with one attached hydrogen (secondary N) is 1. The number of rotatable bonds is 5. The zero-order valence-electron chi connectivity index (χ0n) is 13.8. The van der Waals surface area contributed by atoms with Crippen LogP contribution in [0.2, 0.25) is 15.1 Å². The van der Waals surface area contributed by atoms with Gasteiger partial charge in [-0.05, 0) is 42.0 Å². The summed E-state index contributed by atoms with van der Waals surface area (Å²) in [5.74, 6) is -1.69. The van der Waals surface area contributed by atoms with Crippen LogP contribution in [0.25, 0.3) is 6.08 Å². The van der Waals surface area contributed by atoms with Gasteiger partial charge in [-0.3, -0.25) is 4.79 Å². The first-order valence-corrected chi connectivity index (χ1v) is 8.66. The third kappa shape index (κ3) is 6.44. The maximum Gasteiger partial charge on any atom is 0.416 e. The molecule has 0 aliphatic rings. The molecule has 2 aromatic rings. The lowest BCUT2D eigenvalue weighted by molar-refractivity contribution is -0.142. The summed E-state index contributed by atoms with van der Waals surface area (Å²) in [4.78, 5) is 23.5. The third-order valence-electron chi connectivity index (χ3n) is 3.27. The van der Waals surface area contributed by atoms with E-state index in [1.54, 1.807) is 12.1 Å². The monoisotopic (exact) mass is 451 g/mol. The van der Waals surface area contributed by atoms with Gasteiger partial charge in [-0.15, -0.1) is 0 Å². The number of benzene rings is 2. The van der Waals surface area contributed by atoms with Gasteiger partial charge in [0.05, 0.1) is 26.3 Å². The van der Waals surface area contributed by atoms with Crippen LogP contribution in [0.1, 0.15) is 11.1 Å². The Bertz CT molecular complexity index is 930. The van der Waals surface area contributed by atoms with Crippen LogP contribution in [0.4, 0.5) is 18.9 Å². The number of carbonyl (C=O) groups excluding carboxylic acids is 2. The van der Waals surface area contributed by atoms with Crippen LogP contribution in [-0.4, -0.2) is 18.5 Å². The maximum atomic E-state index is 12.7. The number of amides is 1. The Morgan fingerprint density at radius 2 is 1.68 bits per heavy atom. The Kier molecular flexibility index (Phi) is 7.35. The quantitative estimate of drug-likeness (QED) is 0.457. The summed E-state index contributed by atoms with van der Waals surface area (Å²) in [5, 5.41) is 2.72. The van der Waals surface area contributed by atoms with Crippen LogP contribution in [0.5, 0.6) is 0 Å². The molecular formula is C18H11Cl3F3NO3. The van der Waals surface area contributed by atoms with Crippen molar-refractivity contribution in [2.75, 3.05) is 11.9 Å². The highest BCUT2D eigenvalue weighted by molar-refractivity contribution is 6.42. The van der Waals surface area contributed by atoms with Crippen molar-refractivity contribution in [1.29, 1.82) is 0 Å². The van der Waals surface area contributed by atoms with Gasteiger partial charge in [0.2, 0.25) is 0 Å². The Morgan fingerprint density at radius 1 is 1.00 bits per heavy atom. The van der Waals surface area contributed by atoms with Crippen LogP contribution < -0.4 is 5.32 Å². The molecule has 0 unspecified atom stereocenters. The molecular weight excluding hydrogens is 442 g/mol. The fraction of sp³-hybridized carbons (Fsp3) is 0.111. The average molecular weight is 453 g/mol. The maximum absolute atomic E-state index is 12.7. The fourth-order valence-corrected chi connectivity index (χ4v) is 2.42. The molecule has 0 atom stereocenters. The summed E-state index contributed by atoms with van der Waals surface area (Å²) in [5.41, 5.74) is -0.649. The van der Waals surface area contributed by atoms with Crippen LogP contribution in [0.3, 0.4) is 0 Å². The zero-order chi connectivity index (χ0) is 20.9. The summed E-state index contributed by atoms with van der Waals surface area (Å²) in [6.45, 7) is -0.711. The van der Waals surface area contributed by atoms with E-state index in [0.29, 0.717) is 21.7 Å². The molecule has 0 bridgehead atoms. The smallest absolute Gasteiger partial charge is 0.416 e. The molecule has 0 radical (unpaired) electrons. The van der Waals surface area contributed by atoms with E-state index in [1.165, 1.54) is 12.1 Å². The second kappa shape index (κ2) is 9.32. The largest absolute Gasteiger partial charge is 0.452 e. The summed E-state index contributed by atoms with van der Waals surface area (Å²) in [7, 11) is 0. The van der Waals surface area contributed by atoms with E-state index < -0.39 is 30.2 Å². The van der Waals surface area contributed by atoms with E-state index in [1.807, 2.05) is 0 Å². The van der Waals surface area contributed by atoms with Crippen molar-refractivity contribution in [1.82, 2.24) is 0 Å². The lowest BCUT2D eigenvalue weighted by atomic mass is 10.2. The molecule has 0 spiro atoms. The normalized spacial score (nSPS) is 11.5. The lowest BCUT2D eigenvalue weighted by Crippen LogP contribution is -2.20. The van der Waals surface area contributed by atoms with E-state index in [0.717, 1.165) is 18.2 Å². The second-order valence-electron chi connectivity index (χ2n) is 5.36. The number of esters is 1. The van der Waals surface area contributed by atoms with Gasteiger partial charge in [0.1, 0.15) is 0 Å². The minimum Gasteiger partial charge on any atom is -0.452 e. The first-order chi connectivity index (χ1) is 13.1. The number of carbonyl (C=O) groups is 2. The van der Waals surface area contributed by atoms with Gasteiger partial charge < -0.3 is 10.1 Å². The molecule has 0 aliphatic carbocycles. The number of ether oxygens (including phenoxy) is 1. The number of anilines is 1. The number of hydrogen-bond acceptors (Lipinski definition) is 3. The number of alkyl halides is 3. The van der Waals surface area contributed by atoms with E-state index in [9.17, 15) is 22.8 Å². The van der Waals surface area contributed by atoms with E-state index in [2.05, 4.69) is 5.32 Å². The first kappa shape index (κ1) is 22.1. The molecule has 0 aromatic heterocycles. The van der Waals surface area contributed by atoms with Gasteiger partial charge in [-0.1, -0.05) is 40.9 Å². The van der Waals surface area contributed by atoms with Crippen molar-refractivity contribution in [3.63, 3.8) is 0 Å². The topological polar surface area (TPSA) is 55.4 Å². The minimum atomic E-state index is -4.59. The first-order valence-electron chi connectivity index (χ1n) is 7.53. The number of halogens is 6. The SMILES string of the molecule is O=C(COC(=O)/C=C/c1ccc(Cl)c(Cl)c1)Nc1cc(C(F)(F)F)ccc1Cl. The van der Waals surface area contributed by atoms with Gasteiger partial charge in [-0.25, -0.2) is 4.79 Å². The van der Waals surface area contributed by atoms with Crippen LogP contribution in [0, 0.1) is 0 Å². The predicted octanol–water partition coefficient (Wildman–Crippen LogP) is 5.86. The van der Waals surface area contributed by atoms with Crippen LogP contribution in [-0.2, 0) is 20.5 Å². The predicted molar refractivity (Wildman–Crippen MR) is 102 cm³/mol. The van der Waals surface area contributed by atoms with Crippen molar-refractivity contribution in [2.45, 2.75) is 6.18 Å². The summed E-state index contributed by atoms with van der Waals surface area (Å²) in [6, 6.07) is 7.15. The highest BCUT2D eigenvalue weighted by Gasteiger charge is 2.31. The molecule has 2 aromatic carbocycles. The molecule has 0 aliphatic heterocycles. The summed E-state index contributed by atoms with van der Waals surface area (Å²) in [6.07, 6.45) is -2.14. The van der Waals surface area contributed by atoms with Gasteiger partial charge in [0, 0.05) is 6.08 Å². The van der Waals surface area contributed by atoms with Crippen LogP contribution >= 0.6 is 34.8 Å². The van der Waals surface area contributed by atoms with E-state index in [4.69, 9.17) is 39.5 Å². The molecule has 1 N–H and O–H groups in total. The van der Waals surface area contributed by atoms with Gasteiger partial charge in [0.25, 0.3) is 5.91 Å². The molecule has 148 valence electrons. The Balaban J connectivity index is 1.92. The van der Waals surface area contributed by atoms with Gasteiger partial charge in [0.15, 0.2) is 6.61 Å². The molecule has 0 saturated carbocycles. The Morgan fingerprint density at radius 3 is 2.32 bits per heavy atom. The standard InChI is InChI=1S/C18H11Cl3F3NO3/c19-12-4-1-10(7-14(12)21)2-6-17(27)28-9-16(26)25-15-8-11(18(22,23)24)3-5-13(15)20/h1-8H,9H2,(H,25,26)/b6-2+. The molecule has 1 amide bonds. The van der Waals surface area contributed by atoms with E-state index >= 15 is 0 Å². The molecule has 10 heteroatoms. The minimum absolute atomic E-state index is 0.0906. The third-order valence-corrected chi connectivity index (χ3v) is 4.34. The van der Waals surface area contributed by atoms with Gasteiger partial charge in [-0.2, -0.15) is 13.2 Å². The summed E-state index contributed by atoms with van der Waals surface area (Å²) < 4.78 is 42.9. The average Bonchev–Trinajstić information content (AvgIpc) is 2.62. The van der Waals surface area contributed by atoms with Crippen LogP contribution in [0.15, 0.2) is 42.5 Å². The Labute approximate surface area is 172 Å². The number of hydrogen-bond donors (Lipinski definition) is 1. The zero-order valence-corrected chi connectivity index (χ0v) is 16.1. The Hall–Kier alpha value is -2.22. The molecule has 0 fully saturated rings. The molecule has 2 rings (SSSR count). The highest BCUT2D eigenvalue weighted by atomic mass is 35.5. The fourth-order valence-electron chi connectivity index (χ4n) is 1.95. The van der Waals surface area contributed by atoms with Gasteiger partial charge >= 0.3 is 12.1 Å². The molecule has 0 heterocycles. The molecule has 0 saturated heterocycles. The van der Waals surface area contributed by atoms with Crippen molar-refractivity contribution in [3.05, 3.63) is 68.7 Å². The van der Waals surface area contributed by atoms with E-state index in [-0.39, 0.29) is 10.7 Å². The van der Waals surface area contributed by atoms with Crippen molar-refractivity contribution in [2.24, 2.45) is 0 Å². The lowest BCUT2D eigenvalue weighted by Gasteiger charge is -2.11. The van der Waals surface area contributed by atoms with Crippen molar-refractivity contribution < 1.29 is 27.5 Å². The second-order valence-corrected chi connectivity index (χ2v) is 6.58. The molecule has 4 nitrogen and oxygen atoms in total.